The fraction of sp³-hybridized carbons (Fsp3) is 0.750. The van der Waals surface area contributed by atoms with Crippen molar-refractivity contribution in [1.29, 1.82) is 0 Å². The molecule has 1 spiro atoms. The minimum atomic E-state index is -6.36. The molecule has 0 aromatic heterocycles. The van der Waals surface area contributed by atoms with Gasteiger partial charge in [-0.2, -0.15) is 35.1 Å². The summed E-state index contributed by atoms with van der Waals surface area (Å²) >= 11 is 0. The summed E-state index contributed by atoms with van der Waals surface area (Å²) in [5.74, 6) is -21.8. The van der Waals surface area contributed by atoms with E-state index in [4.69, 9.17) is 0 Å². The van der Waals surface area contributed by atoms with E-state index in [-0.39, 0.29) is 6.92 Å². The lowest BCUT2D eigenvalue weighted by molar-refractivity contribution is -0.553. The van der Waals surface area contributed by atoms with Gasteiger partial charge in [-0.25, -0.2) is 4.39 Å². The van der Waals surface area contributed by atoms with Crippen molar-refractivity contribution < 1.29 is 53.7 Å². The highest BCUT2D eigenvalue weighted by molar-refractivity contribution is 5.16. The lowest BCUT2D eigenvalue weighted by Crippen LogP contribution is -2.79. The van der Waals surface area contributed by atoms with Gasteiger partial charge in [0.15, 0.2) is 0 Å². The molecule has 20 heavy (non-hydrogen) atoms. The molecule has 2 aliphatic heterocycles. The van der Waals surface area contributed by atoms with Crippen LogP contribution >= 0.6 is 0 Å². The Kier molecular flexibility index (Phi) is 2.61. The second-order valence-electron chi connectivity index (χ2n) is 4.05. The van der Waals surface area contributed by atoms with Crippen LogP contribution in [0, 0.1) is 0 Å². The normalized spacial score (nSPS) is 36.7. The van der Waals surface area contributed by atoms with E-state index >= 15 is 0 Å². The first-order chi connectivity index (χ1) is 8.72. The van der Waals surface area contributed by atoms with Gasteiger partial charge in [0.25, 0.3) is 5.85 Å². The summed E-state index contributed by atoms with van der Waals surface area (Å²) < 4.78 is 127. The Labute approximate surface area is 103 Å². The van der Waals surface area contributed by atoms with Crippen molar-refractivity contribution in [1.82, 2.24) is 0 Å². The van der Waals surface area contributed by atoms with Crippen molar-refractivity contribution in [2.24, 2.45) is 0 Å². The second kappa shape index (κ2) is 3.46. The summed E-state index contributed by atoms with van der Waals surface area (Å²) in [6.07, 6.45) is -5.98. The van der Waals surface area contributed by atoms with E-state index in [1.807, 2.05) is 0 Å². The van der Waals surface area contributed by atoms with E-state index in [1.54, 1.807) is 0 Å². The number of hydrogen-bond donors (Lipinski definition) is 0. The van der Waals surface area contributed by atoms with Gasteiger partial charge in [-0.15, -0.1) is 0 Å². The molecule has 2 heterocycles. The average Bonchev–Trinajstić information content (AvgIpc) is 2.53. The molecule has 3 nitrogen and oxygen atoms in total. The number of halogens is 9. The largest absolute Gasteiger partial charge is 0.428 e. The van der Waals surface area contributed by atoms with Crippen LogP contribution < -0.4 is 0 Å². The van der Waals surface area contributed by atoms with Crippen molar-refractivity contribution in [3.05, 3.63) is 12.0 Å². The Morgan fingerprint density at radius 1 is 0.750 bits per heavy atom. The Bertz CT molecular complexity index is 470. The average molecular weight is 318 g/mol. The summed E-state index contributed by atoms with van der Waals surface area (Å²) in [4.78, 5) is 0. The van der Waals surface area contributed by atoms with E-state index in [0.717, 1.165) is 0 Å². The van der Waals surface area contributed by atoms with Crippen LogP contribution in [0.3, 0.4) is 0 Å². The van der Waals surface area contributed by atoms with Gasteiger partial charge in [-0.1, -0.05) is 0 Å². The fourth-order valence-corrected chi connectivity index (χ4v) is 1.71. The number of alkyl halides is 7. The zero-order valence-electron chi connectivity index (χ0n) is 9.13. The third-order valence-corrected chi connectivity index (χ3v) is 2.70. The summed E-state index contributed by atoms with van der Waals surface area (Å²) in [5, 5.41) is 0. The fourth-order valence-electron chi connectivity index (χ4n) is 1.71. The molecule has 1 unspecified atom stereocenters. The van der Waals surface area contributed by atoms with Gasteiger partial charge in [0.2, 0.25) is 0 Å². The molecule has 1 saturated heterocycles. The Balaban J connectivity index is 2.63. The van der Waals surface area contributed by atoms with Crippen LogP contribution in [-0.4, -0.2) is 29.6 Å². The van der Waals surface area contributed by atoms with E-state index in [0.29, 0.717) is 0 Å². The maximum Gasteiger partial charge on any atom is 0.428 e. The van der Waals surface area contributed by atoms with Gasteiger partial charge in [-0.3, -0.25) is 4.74 Å². The van der Waals surface area contributed by atoms with Gasteiger partial charge < -0.3 is 9.47 Å². The SMILES string of the molecule is CC1(F)OC(F)(F)C(F)(F)C(F)(F)C12OC(F)=C(F)O2. The smallest absolute Gasteiger partial charge is 0.412 e. The van der Waals surface area contributed by atoms with Crippen LogP contribution in [0.5, 0.6) is 0 Å². The monoisotopic (exact) mass is 318 g/mol. The van der Waals surface area contributed by atoms with Gasteiger partial charge in [0.05, 0.1) is 0 Å². The second-order valence-corrected chi connectivity index (χ2v) is 4.05. The van der Waals surface area contributed by atoms with Gasteiger partial charge in [-0.05, 0) is 0 Å². The van der Waals surface area contributed by atoms with E-state index in [1.165, 1.54) is 0 Å². The molecule has 116 valence electrons. The molecule has 0 aromatic rings. The third kappa shape index (κ3) is 1.37. The first kappa shape index (κ1) is 15.1. The molecule has 0 aliphatic carbocycles. The molecule has 0 aromatic carbocycles. The summed E-state index contributed by atoms with van der Waals surface area (Å²) in [6, 6.07) is -5.23. The number of ether oxygens (including phenoxy) is 3. The molecular weight excluding hydrogens is 315 g/mol. The van der Waals surface area contributed by atoms with Crippen molar-refractivity contribution in [2.75, 3.05) is 0 Å². The molecule has 0 bridgehead atoms. The molecule has 0 amide bonds. The van der Waals surface area contributed by atoms with Crippen LogP contribution in [0.4, 0.5) is 39.5 Å². The summed E-state index contributed by atoms with van der Waals surface area (Å²) in [6.45, 7) is -0.226. The molecule has 0 saturated carbocycles. The highest BCUT2D eigenvalue weighted by Crippen LogP contribution is 2.64. The standard InChI is InChI=1S/C8H3F9O3/c1-4(11)7(18-2(9)3(10)19-7)5(12,13)6(14,15)8(16,17)20-4/h1H3. The van der Waals surface area contributed by atoms with Crippen molar-refractivity contribution >= 4 is 0 Å². The Morgan fingerprint density at radius 2 is 1.15 bits per heavy atom. The van der Waals surface area contributed by atoms with Crippen molar-refractivity contribution in [3.8, 4) is 0 Å². The number of rotatable bonds is 0. The van der Waals surface area contributed by atoms with Gasteiger partial charge in [0.1, 0.15) is 0 Å². The van der Waals surface area contributed by atoms with Crippen molar-refractivity contribution in [2.45, 2.75) is 36.5 Å². The van der Waals surface area contributed by atoms with E-state index in [9.17, 15) is 39.5 Å². The van der Waals surface area contributed by atoms with E-state index in [2.05, 4.69) is 14.2 Å². The van der Waals surface area contributed by atoms with E-state index < -0.39 is 41.6 Å². The molecule has 2 rings (SSSR count). The lowest BCUT2D eigenvalue weighted by atomic mass is 9.91. The molecule has 12 heteroatoms. The molecule has 1 atom stereocenters. The predicted octanol–water partition coefficient (Wildman–Crippen LogP) is 3.37. The van der Waals surface area contributed by atoms with Crippen LogP contribution in [0.1, 0.15) is 6.92 Å². The highest BCUT2D eigenvalue weighted by atomic mass is 19.4. The van der Waals surface area contributed by atoms with Gasteiger partial charge >= 0.3 is 35.8 Å². The van der Waals surface area contributed by atoms with Crippen molar-refractivity contribution in [3.63, 3.8) is 0 Å². The first-order valence-electron chi connectivity index (χ1n) is 4.68. The van der Waals surface area contributed by atoms with Gasteiger partial charge in [0, 0.05) is 6.92 Å². The topological polar surface area (TPSA) is 27.7 Å². The zero-order valence-corrected chi connectivity index (χ0v) is 9.13. The zero-order chi connectivity index (χ0) is 15.8. The highest BCUT2D eigenvalue weighted by Gasteiger charge is 2.94. The van der Waals surface area contributed by atoms with Crippen LogP contribution in [0.15, 0.2) is 12.0 Å². The molecular formula is C8H3F9O3. The summed E-state index contributed by atoms with van der Waals surface area (Å²) in [7, 11) is 0. The maximum absolute atomic E-state index is 13.8. The Hall–Kier alpha value is -1.33. The third-order valence-electron chi connectivity index (χ3n) is 2.70. The molecule has 0 radical (unpaired) electrons. The predicted molar refractivity (Wildman–Crippen MR) is 39.6 cm³/mol. The minimum Gasteiger partial charge on any atom is -0.412 e. The Morgan fingerprint density at radius 3 is 1.55 bits per heavy atom. The first-order valence-corrected chi connectivity index (χ1v) is 4.68. The molecule has 2 aliphatic rings. The van der Waals surface area contributed by atoms with Crippen LogP contribution in [-0.2, 0) is 14.2 Å². The minimum absolute atomic E-state index is 0.226. The lowest BCUT2D eigenvalue weighted by Gasteiger charge is -2.50. The van der Waals surface area contributed by atoms with Crippen LogP contribution in [0.2, 0.25) is 0 Å². The number of hydrogen-bond acceptors (Lipinski definition) is 3. The van der Waals surface area contributed by atoms with Crippen LogP contribution in [0.25, 0.3) is 0 Å². The maximum atomic E-state index is 13.8. The quantitative estimate of drug-likeness (QED) is 0.641. The summed E-state index contributed by atoms with van der Waals surface area (Å²) in [5.41, 5.74) is 0. The molecule has 1 fully saturated rings. The molecule has 0 N–H and O–H groups in total.